The van der Waals surface area contributed by atoms with Crippen molar-refractivity contribution in [3.63, 3.8) is 0 Å². The van der Waals surface area contributed by atoms with Crippen LogP contribution in [0.3, 0.4) is 0 Å². The summed E-state index contributed by atoms with van der Waals surface area (Å²) in [4.78, 5) is 2.31. The third-order valence-electron chi connectivity index (χ3n) is 2.62. The lowest BCUT2D eigenvalue weighted by atomic mass is 10.2. The van der Waals surface area contributed by atoms with E-state index in [9.17, 15) is 9.50 Å². The van der Waals surface area contributed by atoms with Gasteiger partial charge in [0.2, 0.25) is 0 Å². The molecule has 1 aromatic carbocycles. The number of phenolic OH excluding ortho intramolecular Hbond substituents is 1. The molecule has 1 aliphatic rings. The monoisotopic (exact) mass is 195 g/mol. The zero-order chi connectivity index (χ0) is 9.97. The number of benzene rings is 1. The van der Waals surface area contributed by atoms with Gasteiger partial charge in [-0.3, -0.25) is 4.90 Å². The van der Waals surface area contributed by atoms with E-state index in [2.05, 4.69) is 4.90 Å². The standard InChI is InChI=1S/C11H14FNO/c12-10-4-3-9(7-11(10)14)8-13-5-1-2-6-13/h3-4,7,14H,1-2,5-6,8H2. The van der Waals surface area contributed by atoms with Crippen molar-refractivity contribution in [1.29, 1.82) is 0 Å². The Morgan fingerprint density at radius 1 is 1.29 bits per heavy atom. The summed E-state index contributed by atoms with van der Waals surface area (Å²) in [6.45, 7) is 3.03. The SMILES string of the molecule is Oc1cc(CN2CCCC2)ccc1F. The Labute approximate surface area is 83.0 Å². The van der Waals surface area contributed by atoms with Crippen LogP contribution in [0.5, 0.6) is 5.75 Å². The third kappa shape index (κ3) is 2.04. The van der Waals surface area contributed by atoms with Crippen molar-refractivity contribution in [2.45, 2.75) is 19.4 Å². The summed E-state index contributed by atoms with van der Waals surface area (Å²) in [6.07, 6.45) is 2.49. The van der Waals surface area contributed by atoms with Crippen molar-refractivity contribution >= 4 is 0 Å². The van der Waals surface area contributed by atoms with Crippen molar-refractivity contribution in [2.75, 3.05) is 13.1 Å². The van der Waals surface area contributed by atoms with Gasteiger partial charge in [-0.2, -0.15) is 0 Å². The summed E-state index contributed by atoms with van der Waals surface area (Å²) in [7, 11) is 0. The van der Waals surface area contributed by atoms with Gasteiger partial charge < -0.3 is 5.11 Å². The van der Waals surface area contributed by atoms with Crippen molar-refractivity contribution in [3.8, 4) is 5.75 Å². The molecule has 76 valence electrons. The van der Waals surface area contributed by atoms with Gasteiger partial charge in [0.25, 0.3) is 0 Å². The molecule has 2 nitrogen and oxygen atoms in total. The molecule has 1 fully saturated rings. The predicted octanol–water partition coefficient (Wildman–Crippen LogP) is 2.13. The van der Waals surface area contributed by atoms with Gasteiger partial charge in [-0.25, -0.2) is 4.39 Å². The van der Waals surface area contributed by atoms with Crippen molar-refractivity contribution in [3.05, 3.63) is 29.6 Å². The Morgan fingerprint density at radius 3 is 2.64 bits per heavy atom. The summed E-state index contributed by atoms with van der Waals surface area (Å²) >= 11 is 0. The fourth-order valence-electron chi connectivity index (χ4n) is 1.86. The fraction of sp³-hybridized carbons (Fsp3) is 0.455. The minimum absolute atomic E-state index is 0.248. The molecule has 0 unspecified atom stereocenters. The van der Waals surface area contributed by atoms with Crippen LogP contribution in [-0.4, -0.2) is 23.1 Å². The lowest BCUT2D eigenvalue weighted by Gasteiger charge is -2.14. The van der Waals surface area contributed by atoms with E-state index in [0.717, 1.165) is 25.2 Å². The maximum atomic E-state index is 12.7. The molecule has 0 saturated carbocycles. The first-order valence-electron chi connectivity index (χ1n) is 4.95. The molecule has 14 heavy (non-hydrogen) atoms. The van der Waals surface area contributed by atoms with Crippen LogP contribution in [-0.2, 0) is 6.54 Å². The first-order valence-corrected chi connectivity index (χ1v) is 4.95. The summed E-state index contributed by atoms with van der Waals surface area (Å²) in [6, 6.07) is 4.56. The molecule has 1 aliphatic heterocycles. The van der Waals surface area contributed by atoms with E-state index in [1.807, 2.05) is 0 Å². The van der Waals surface area contributed by atoms with Crippen molar-refractivity contribution in [2.24, 2.45) is 0 Å². The zero-order valence-electron chi connectivity index (χ0n) is 8.04. The molecule has 1 N–H and O–H groups in total. The van der Waals surface area contributed by atoms with Gasteiger partial charge in [-0.1, -0.05) is 6.07 Å². The molecule has 0 bridgehead atoms. The Hall–Kier alpha value is -1.09. The quantitative estimate of drug-likeness (QED) is 0.781. The van der Waals surface area contributed by atoms with Gasteiger partial charge in [0.1, 0.15) is 0 Å². The highest BCUT2D eigenvalue weighted by atomic mass is 19.1. The van der Waals surface area contributed by atoms with E-state index in [1.165, 1.54) is 25.0 Å². The molecule has 0 aliphatic carbocycles. The van der Waals surface area contributed by atoms with E-state index in [-0.39, 0.29) is 5.75 Å². The molecule has 1 heterocycles. The molecule has 1 aromatic rings. The van der Waals surface area contributed by atoms with Crippen LogP contribution in [0.1, 0.15) is 18.4 Å². The first kappa shape index (κ1) is 9.46. The second-order valence-electron chi connectivity index (χ2n) is 3.77. The Bertz CT molecular complexity index is 321. The number of hydrogen-bond donors (Lipinski definition) is 1. The number of nitrogens with zero attached hydrogens (tertiary/aromatic N) is 1. The average molecular weight is 195 g/mol. The van der Waals surface area contributed by atoms with Gasteiger partial charge in [0.15, 0.2) is 11.6 Å². The number of hydrogen-bond acceptors (Lipinski definition) is 2. The van der Waals surface area contributed by atoms with Gasteiger partial charge in [0, 0.05) is 6.54 Å². The van der Waals surface area contributed by atoms with Crippen LogP contribution in [0.4, 0.5) is 4.39 Å². The number of phenols is 1. The smallest absolute Gasteiger partial charge is 0.164 e. The van der Waals surface area contributed by atoms with Crippen LogP contribution in [0.2, 0.25) is 0 Å². The molecule has 3 heteroatoms. The lowest BCUT2D eigenvalue weighted by molar-refractivity contribution is 0.330. The van der Waals surface area contributed by atoms with Crippen molar-refractivity contribution in [1.82, 2.24) is 4.90 Å². The highest BCUT2D eigenvalue weighted by molar-refractivity contribution is 5.28. The maximum Gasteiger partial charge on any atom is 0.164 e. The number of halogens is 1. The highest BCUT2D eigenvalue weighted by Gasteiger charge is 2.12. The molecule has 0 amide bonds. The van der Waals surface area contributed by atoms with Gasteiger partial charge >= 0.3 is 0 Å². The first-order chi connectivity index (χ1) is 6.75. The van der Waals surface area contributed by atoms with Crippen LogP contribution < -0.4 is 0 Å². The van der Waals surface area contributed by atoms with Crippen LogP contribution >= 0.6 is 0 Å². The minimum Gasteiger partial charge on any atom is -0.505 e. The van der Waals surface area contributed by atoms with Crippen LogP contribution in [0.15, 0.2) is 18.2 Å². The number of rotatable bonds is 2. The van der Waals surface area contributed by atoms with E-state index in [1.54, 1.807) is 6.07 Å². The van der Waals surface area contributed by atoms with E-state index in [0.29, 0.717) is 0 Å². The maximum absolute atomic E-state index is 12.7. The van der Waals surface area contributed by atoms with E-state index < -0.39 is 5.82 Å². The Kier molecular flexibility index (Phi) is 2.68. The summed E-state index contributed by atoms with van der Waals surface area (Å²) in [5.41, 5.74) is 0.978. The molecular weight excluding hydrogens is 181 g/mol. The Balaban J connectivity index is 2.05. The summed E-state index contributed by atoms with van der Waals surface area (Å²) in [5.74, 6) is -0.795. The highest BCUT2D eigenvalue weighted by Crippen LogP contribution is 2.19. The van der Waals surface area contributed by atoms with Crippen molar-refractivity contribution < 1.29 is 9.50 Å². The van der Waals surface area contributed by atoms with E-state index >= 15 is 0 Å². The minimum atomic E-state index is -0.546. The molecular formula is C11H14FNO. The lowest BCUT2D eigenvalue weighted by Crippen LogP contribution is -2.18. The normalized spacial score (nSPS) is 17.5. The number of aromatic hydroxyl groups is 1. The molecule has 0 aromatic heterocycles. The third-order valence-corrected chi connectivity index (χ3v) is 2.62. The Morgan fingerprint density at radius 2 is 2.00 bits per heavy atom. The molecule has 0 atom stereocenters. The van der Waals surface area contributed by atoms with E-state index in [4.69, 9.17) is 0 Å². The zero-order valence-corrected chi connectivity index (χ0v) is 8.04. The molecule has 1 saturated heterocycles. The molecule has 0 spiro atoms. The predicted molar refractivity (Wildman–Crippen MR) is 52.6 cm³/mol. The van der Waals surface area contributed by atoms with Crippen LogP contribution in [0, 0.1) is 5.82 Å². The second kappa shape index (κ2) is 3.96. The molecule has 0 radical (unpaired) electrons. The van der Waals surface area contributed by atoms with Gasteiger partial charge in [-0.15, -0.1) is 0 Å². The topological polar surface area (TPSA) is 23.5 Å². The summed E-state index contributed by atoms with van der Waals surface area (Å²) in [5, 5.41) is 9.18. The average Bonchev–Trinajstić information content (AvgIpc) is 2.64. The molecule has 2 rings (SSSR count). The fourth-order valence-corrected chi connectivity index (χ4v) is 1.86. The van der Waals surface area contributed by atoms with Gasteiger partial charge in [-0.05, 0) is 43.6 Å². The van der Waals surface area contributed by atoms with Crippen LogP contribution in [0.25, 0.3) is 0 Å². The summed E-state index contributed by atoms with van der Waals surface area (Å²) < 4.78 is 12.7. The van der Waals surface area contributed by atoms with Gasteiger partial charge in [0.05, 0.1) is 0 Å². The second-order valence-corrected chi connectivity index (χ2v) is 3.77. The largest absolute Gasteiger partial charge is 0.505 e. The number of likely N-dealkylation sites (tertiary alicyclic amines) is 1.